The van der Waals surface area contributed by atoms with Crippen LogP contribution in [0, 0.1) is 0 Å². The fourth-order valence-electron chi connectivity index (χ4n) is 0.356. The highest BCUT2D eigenvalue weighted by Gasteiger charge is 2.00. The largest absolute Gasteiger partial charge is 0.500 e. The van der Waals surface area contributed by atoms with Crippen LogP contribution in [0.25, 0.3) is 0 Å². The molecule has 34 valence electrons. The highest BCUT2D eigenvalue weighted by atomic mass is 32.1. The first-order chi connectivity index (χ1) is 2.89. The molecular weight excluding hydrogens is 96.1 g/mol. The van der Waals surface area contributed by atoms with Gasteiger partial charge in [-0.05, 0) is 6.08 Å². The lowest BCUT2D eigenvalue weighted by Crippen LogP contribution is -1.93. The van der Waals surface area contributed by atoms with E-state index >= 15 is 0 Å². The van der Waals surface area contributed by atoms with Gasteiger partial charge in [-0.3, -0.25) is 0 Å². The molecule has 1 aliphatic rings. The van der Waals surface area contributed by atoms with Crippen LogP contribution in [0.3, 0.4) is 0 Å². The molecule has 0 radical (unpaired) electrons. The predicted molar refractivity (Wildman–Crippen MR) is 27.9 cm³/mol. The van der Waals surface area contributed by atoms with E-state index in [0.29, 0.717) is 5.25 Å². The van der Waals surface area contributed by atoms with Gasteiger partial charge in [0.2, 0.25) is 0 Å². The van der Waals surface area contributed by atoms with Crippen LogP contribution in [-0.2, 0) is 4.74 Å². The Morgan fingerprint density at radius 3 is 2.83 bits per heavy atom. The highest BCUT2D eigenvalue weighted by Crippen LogP contribution is 2.04. The van der Waals surface area contributed by atoms with Crippen molar-refractivity contribution in [1.29, 1.82) is 0 Å². The van der Waals surface area contributed by atoms with Gasteiger partial charge < -0.3 is 4.74 Å². The summed E-state index contributed by atoms with van der Waals surface area (Å²) < 4.78 is 4.80. The van der Waals surface area contributed by atoms with Gasteiger partial charge in [-0.1, -0.05) is 0 Å². The Bertz CT molecular complexity index is 69.9. The quantitative estimate of drug-likeness (QED) is 0.446. The first-order valence-electron chi connectivity index (χ1n) is 1.86. The van der Waals surface area contributed by atoms with Crippen LogP contribution in [0.4, 0.5) is 0 Å². The third-order valence-corrected chi connectivity index (χ3v) is 0.985. The van der Waals surface area contributed by atoms with Gasteiger partial charge in [0.25, 0.3) is 0 Å². The number of ether oxygens (including phenoxy) is 1. The molecule has 1 heterocycles. The van der Waals surface area contributed by atoms with Crippen molar-refractivity contribution in [2.45, 2.75) is 5.25 Å². The SMILES string of the molecule is SC1C=COC1. The molecule has 0 bridgehead atoms. The van der Waals surface area contributed by atoms with Gasteiger partial charge in [0.15, 0.2) is 0 Å². The van der Waals surface area contributed by atoms with Gasteiger partial charge >= 0.3 is 0 Å². The second kappa shape index (κ2) is 1.56. The third kappa shape index (κ3) is 0.684. The molecule has 2 heteroatoms. The molecule has 0 saturated heterocycles. The molecule has 0 aromatic carbocycles. The minimum absolute atomic E-state index is 0.338. The molecule has 0 aromatic rings. The molecule has 0 amide bonds. The Balaban J connectivity index is 2.38. The maximum atomic E-state index is 4.80. The highest BCUT2D eigenvalue weighted by molar-refractivity contribution is 7.81. The van der Waals surface area contributed by atoms with Gasteiger partial charge in [-0.15, -0.1) is 0 Å². The normalized spacial score (nSPS) is 30.5. The van der Waals surface area contributed by atoms with E-state index < -0.39 is 0 Å². The summed E-state index contributed by atoms with van der Waals surface area (Å²) in [6.45, 7) is 0.739. The number of rotatable bonds is 0. The summed E-state index contributed by atoms with van der Waals surface area (Å²) in [7, 11) is 0. The molecule has 0 aliphatic carbocycles. The standard InChI is InChI=1S/C4H6OS/c6-4-1-2-5-3-4/h1-2,4,6H,3H2. The maximum absolute atomic E-state index is 4.80. The van der Waals surface area contributed by atoms with Crippen molar-refractivity contribution in [3.63, 3.8) is 0 Å². The summed E-state index contributed by atoms with van der Waals surface area (Å²) in [5.74, 6) is 0. The topological polar surface area (TPSA) is 9.23 Å². The fourth-order valence-corrected chi connectivity index (χ4v) is 0.512. The van der Waals surface area contributed by atoms with E-state index in [1.54, 1.807) is 6.26 Å². The van der Waals surface area contributed by atoms with E-state index in [0.717, 1.165) is 6.61 Å². The van der Waals surface area contributed by atoms with Crippen molar-refractivity contribution in [3.8, 4) is 0 Å². The van der Waals surface area contributed by atoms with Gasteiger partial charge in [-0.25, -0.2) is 0 Å². The predicted octanol–water partition coefficient (Wildman–Crippen LogP) is 0.829. The van der Waals surface area contributed by atoms with E-state index in [2.05, 4.69) is 12.6 Å². The minimum atomic E-state index is 0.338. The molecule has 1 rings (SSSR count). The van der Waals surface area contributed by atoms with Gasteiger partial charge in [-0.2, -0.15) is 12.6 Å². The van der Waals surface area contributed by atoms with Crippen LogP contribution in [0.15, 0.2) is 12.3 Å². The van der Waals surface area contributed by atoms with Crippen molar-refractivity contribution in [2.24, 2.45) is 0 Å². The molecule has 1 unspecified atom stereocenters. The van der Waals surface area contributed by atoms with Gasteiger partial charge in [0.1, 0.15) is 6.61 Å². The van der Waals surface area contributed by atoms with Crippen molar-refractivity contribution < 1.29 is 4.74 Å². The van der Waals surface area contributed by atoms with E-state index in [4.69, 9.17) is 4.74 Å². The molecule has 1 aliphatic heterocycles. The zero-order chi connectivity index (χ0) is 4.41. The van der Waals surface area contributed by atoms with Crippen LogP contribution in [0.2, 0.25) is 0 Å². The van der Waals surface area contributed by atoms with Crippen molar-refractivity contribution >= 4 is 12.6 Å². The summed E-state index contributed by atoms with van der Waals surface area (Å²) in [6, 6.07) is 0. The Kier molecular flexibility index (Phi) is 1.05. The lowest BCUT2D eigenvalue weighted by molar-refractivity contribution is 0.285. The van der Waals surface area contributed by atoms with Crippen LogP contribution >= 0.6 is 12.6 Å². The molecule has 1 atom stereocenters. The molecule has 0 aromatic heterocycles. The minimum Gasteiger partial charge on any atom is -0.500 e. The Morgan fingerprint density at radius 1 is 1.83 bits per heavy atom. The van der Waals surface area contributed by atoms with Gasteiger partial charge in [0, 0.05) is 0 Å². The maximum Gasteiger partial charge on any atom is 0.102 e. The first-order valence-corrected chi connectivity index (χ1v) is 2.37. The summed E-state index contributed by atoms with van der Waals surface area (Å²) in [5.41, 5.74) is 0. The van der Waals surface area contributed by atoms with Gasteiger partial charge in [0.05, 0.1) is 11.5 Å². The van der Waals surface area contributed by atoms with E-state index in [9.17, 15) is 0 Å². The van der Waals surface area contributed by atoms with E-state index in [1.807, 2.05) is 6.08 Å². The zero-order valence-electron chi connectivity index (χ0n) is 3.29. The molecule has 0 fully saturated rings. The number of thiol groups is 1. The molecule has 0 spiro atoms. The molecule has 0 N–H and O–H groups in total. The smallest absolute Gasteiger partial charge is 0.102 e. The lowest BCUT2D eigenvalue weighted by Gasteiger charge is -1.89. The second-order valence-electron chi connectivity index (χ2n) is 1.23. The second-order valence-corrected chi connectivity index (χ2v) is 1.89. The average Bonchev–Trinajstić information content (AvgIpc) is 1.86. The first kappa shape index (κ1) is 4.06. The molecule has 1 nitrogen and oxygen atoms in total. The van der Waals surface area contributed by atoms with Crippen LogP contribution in [-0.4, -0.2) is 11.9 Å². The van der Waals surface area contributed by atoms with Crippen molar-refractivity contribution in [2.75, 3.05) is 6.61 Å². The summed E-state index contributed by atoms with van der Waals surface area (Å²) in [6.07, 6.45) is 3.60. The summed E-state index contributed by atoms with van der Waals surface area (Å²) in [4.78, 5) is 0. The Labute approximate surface area is 42.4 Å². The Hall–Kier alpha value is -0.110. The number of hydrogen-bond acceptors (Lipinski definition) is 2. The molecule has 0 saturated carbocycles. The molecule has 6 heavy (non-hydrogen) atoms. The lowest BCUT2D eigenvalue weighted by atomic mass is 10.5. The van der Waals surface area contributed by atoms with Crippen molar-refractivity contribution in [3.05, 3.63) is 12.3 Å². The number of hydrogen-bond donors (Lipinski definition) is 1. The average molecular weight is 102 g/mol. The van der Waals surface area contributed by atoms with E-state index in [-0.39, 0.29) is 0 Å². The summed E-state index contributed by atoms with van der Waals surface area (Å²) in [5, 5.41) is 0.338. The summed E-state index contributed by atoms with van der Waals surface area (Å²) >= 11 is 4.08. The zero-order valence-corrected chi connectivity index (χ0v) is 4.19. The molecular formula is C4H6OS. The van der Waals surface area contributed by atoms with Crippen LogP contribution < -0.4 is 0 Å². The van der Waals surface area contributed by atoms with Crippen molar-refractivity contribution in [1.82, 2.24) is 0 Å². The fraction of sp³-hybridized carbons (Fsp3) is 0.500. The van der Waals surface area contributed by atoms with Crippen LogP contribution in [0.1, 0.15) is 0 Å². The third-order valence-electron chi connectivity index (χ3n) is 0.664. The van der Waals surface area contributed by atoms with E-state index in [1.165, 1.54) is 0 Å². The van der Waals surface area contributed by atoms with Crippen LogP contribution in [0.5, 0.6) is 0 Å². The Morgan fingerprint density at radius 2 is 2.67 bits per heavy atom. The monoisotopic (exact) mass is 102 g/mol.